The van der Waals surface area contributed by atoms with E-state index in [2.05, 4.69) is 91.0 Å². The molecule has 0 unspecified atom stereocenters. The lowest BCUT2D eigenvalue weighted by atomic mass is 9.52. The number of hydrogen-bond donors (Lipinski definition) is 0. The summed E-state index contributed by atoms with van der Waals surface area (Å²) in [6, 6.07) is 33.1. The van der Waals surface area contributed by atoms with Crippen molar-refractivity contribution < 1.29 is 0 Å². The Morgan fingerprint density at radius 1 is 0.529 bits per heavy atom. The van der Waals surface area contributed by atoms with Crippen LogP contribution in [0.5, 0.6) is 0 Å². The van der Waals surface area contributed by atoms with Gasteiger partial charge in [0.2, 0.25) is 0 Å². The molecule has 5 saturated carbocycles. The molecule has 166 valence electrons. The third-order valence-electron chi connectivity index (χ3n) is 10.6. The average Bonchev–Trinajstić information content (AvgIpc) is 3.36. The highest BCUT2D eigenvalue weighted by atomic mass is 16.2. The van der Waals surface area contributed by atoms with Gasteiger partial charge in [-0.2, -0.15) is 0 Å². The first-order valence-corrected chi connectivity index (χ1v) is 12.2. The molecule has 4 aromatic rings. The van der Waals surface area contributed by atoms with Gasteiger partial charge in [0, 0.05) is 29.2 Å². The van der Waals surface area contributed by atoms with Gasteiger partial charge in [0.1, 0.15) is 0 Å². The highest BCUT2D eigenvalue weighted by molar-refractivity contribution is 5.79. The highest BCUT2D eigenvalue weighted by Crippen LogP contribution is 3.07. The Kier molecular flexibility index (Phi) is 2.66. The summed E-state index contributed by atoms with van der Waals surface area (Å²) >= 11 is 0. The minimum Gasteiger partial charge on any atom is -0.246 e. The molecule has 2 heterocycles. The second-order valence-corrected chi connectivity index (χ2v) is 10.9. The molecule has 5 fully saturated rings. The van der Waals surface area contributed by atoms with Crippen LogP contribution in [-0.4, -0.2) is 13.9 Å². The average molecular weight is 446 g/mol. The van der Waals surface area contributed by atoms with Crippen LogP contribution in [0.25, 0.3) is 0 Å². The van der Waals surface area contributed by atoms with Crippen molar-refractivity contribution in [3.63, 3.8) is 0 Å². The van der Waals surface area contributed by atoms with E-state index in [4.69, 9.17) is 0 Å². The zero-order valence-corrected chi connectivity index (χ0v) is 18.7. The largest absolute Gasteiger partial charge is 0.347 e. The number of hydrogen-bond acceptors (Lipinski definition) is 2. The van der Waals surface area contributed by atoms with Gasteiger partial charge in [0.05, 0.1) is 12.1 Å². The molecule has 5 bridgehead atoms. The van der Waals surface area contributed by atoms with Crippen LogP contribution in [0, 0.1) is 17.8 Å². The van der Waals surface area contributed by atoms with Crippen molar-refractivity contribution in [3.05, 3.63) is 129 Å². The van der Waals surface area contributed by atoms with Crippen LogP contribution >= 0.6 is 0 Å². The molecule has 0 spiro atoms. The maximum atomic E-state index is 13.3. The molecule has 5 aliphatic carbocycles. The fourth-order valence-corrected chi connectivity index (χ4v) is 10.5. The van der Waals surface area contributed by atoms with Crippen LogP contribution in [0.1, 0.15) is 28.8 Å². The van der Waals surface area contributed by atoms with Crippen molar-refractivity contribution in [2.75, 3.05) is 0 Å². The zero-order valence-electron chi connectivity index (χ0n) is 18.7. The molecule has 0 amide bonds. The topological polar surface area (TPSA) is 48.9 Å². The van der Waals surface area contributed by atoms with Crippen LogP contribution in [-0.2, 0) is 23.3 Å². The van der Waals surface area contributed by atoms with Gasteiger partial charge in [-0.1, -0.05) is 91.0 Å². The molecule has 0 N–H and O–H groups in total. The minimum atomic E-state index is -0.161. The number of aromatic nitrogens is 3. The standard InChI is InChI=1S/C29H23N3O2/c1-30-25(33)31-23-20-21-24(32(31)26(30)34)22(23)29(19-15-9-4-10-16-19)27(20,17-11-5-2-6-12-17)28(21,29)18-13-7-3-8-14-18/h2-16,20-24H,1H3/t20-,21-,22?,23-,24-,27-,28-,29?/m1/s1. The smallest absolute Gasteiger partial charge is 0.246 e. The molecule has 6 aliphatic rings. The minimum absolute atomic E-state index is 0.0585. The predicted molar refractivity (Wildman–Crippen MR) is 127 cm³/mol. The molecule has 1 aromatic heterocycles. The van der Waals surface area contributed by atoms with Crippen LogP contribution in [0.15, 0.2) is 101 Å². The molecule has 0 saturated heterocycles. The lowest BCUT2D eigenvalue weighted by molar-refractivity contribution is 0.0240. The third-order valence-corrected chi connectivity index (χ3v) is 10.6. The number of rotatable bonds is 3. The van der Waals surface area contributed by atoms with E-state index in [0.29, 0.717) is 11.8 Å². The summed E-state index contributed by atoms with van der Waals surface area (Å²) in [5.74, 6) is 0.946. The van der Waals surface area contributed by atoms with Crippen LogP contribution < -0.4 is 11.4 Å². The molecule has 1 aliphatic heterocycles. The van der Waals surface area contributed by atoms with Gasteiger partial charge < -0.3 is 0 Å². The molecule has 10 rings (SSSR count). The Bertz CT molecular complexity index is 1550. The quantitative estimate of drug-likeness (QED) is 0.487. The van der Waals surface area contributed by atoms with Crippen LogP contribution in [0.3, 0.4) is 0 Å². The Labute approximate surface area is 195 Å². The molecular weight excluding hydrogens is 422 g/mol. The van der Waals surface area contributed by atoms with Crippen molar-refractivity contribution in [2.45, 2.75) is 28.3 Å². The van der Waals surface area contributed by atoms with Crippen molar-refractivity contribution in [2.24, 2.45) is 24.8 Å². The summed E-state index contributed by atoms with van der Waals surface area (Å²) in [5, 5.41) is 0. The SMILES string of the molecule is Cn1c(=O)n2n(c1=O)[C@H]1C3[C@H]2[C@H]2[C@H]1[C@@]1(c4ccccc4)C3(c3ccccc3)[C@]21c1ccccc1. The first kappa shape index (κ1) is 17.8. The van der Waals surface area contributed by atoms with Gasteiger partial charge in [-0.3, -0.25) is 0 Å². The van der Waals surface area contributed by atoms with E-state index < -0.39 is 0 Å². The van der Waals surface area contributed by atoms with E-state index in [1.807, 2.05) is 9.36 Å². The Hall–Kier alpha value is -3.60. The third kappa shape index (κ3) is 1.27. The van der Waals surface area contributed by atoms with Gasteiger partial charge >= 0.3 is 11.4 Å². The molecule has 34 heavy (non-hydrogen) atoms. The Morgan fingerprint density at radius 3 is 1.21 bits per heavy atom. The lowest BCUT2D eigenvalue weighted by Crippen LogP contribution is -2.57. The van der Waals surface area contributed by atoms with Crippen molar-refractivity contribution in [1.82, 2.24) is 13.9 Å². The summed E-state index contributed by atoms with van der Waals surface area (Å²) in [4.78, 5) is 26.5. The molecule has 5 heteroatoms. The van der Waals surface area contributed by atoms with Crippen molar-refractivity contribution >= 4 is 0 Å². The van der Waals surface area contributed by atoms with Gasteiger partial charge in [0.15, 0.2) is 0 Å². The van der Waals surface area contributed by atoms with Crippen molar-refractivity contribution in [1.29, 1.82) is 0 Å². The second kappa shape index (κ2) is 5.07. The van der Waals surface area contributed by atoms with E-state index in [0.717, 1.165) is 0 Å². The zero-order chi connectivity index (χ0) is 22.6. The maximum absolute atomic E-state index is 13.3. The van der Waals surface area contributed by atoms with E-state index >= 15 is 0 Å². The van der Waals surface area contributed by atoms with Crippen LogP contribution in [0.2, 0.25) is 0 Å². The summed E-state index contributed by atoms with van der Waals surface area (Å²) < 4.78 is 4.99. The predicted octanol–water partition coefficient (Wildman–Crippen LogP) is 3.16. The summed E-state index contributed by atoms with van der Waals surface area (Å²) in [6.45, 7) is 0. The fourth-order valence-electron chi connectivity index (χ4n) is 10.5. The first-order chi connectivity index (χ1) is 16.7. The normalized spacial score (nSPS) is 40.8. The monoisotopic (exact) mass is 445 g/mol. The second-order valence-electron chi connectivity index (χ2n) is 10.9. The van der Waals surface area contributed by atoms with E-state index in [1.165, 1.54) is 21.3 Å². The summed E-state index contributed by atoms with van der Waals surface area (Å²) in [5.41, 5.74) is 3.56. The maximum Gasteiger partial charge on any atom is 0.347 e. The van der Waals surface area contributed by atoms with Gasteiger partial charge in [-0.05, 0) is 28.5 Å². The molecular formula is C29H23N3O2. The Balaban J connectivity index is 1.44. The van der Waals surface area contributed by atoms with Gasteiger partial charge in [-0.25, -0.2) is 23.5 Å². The molecule has 6 atom stereocenters. The summed E-state index contributed by atoms with van der Waals surface area (Å²) in [7, 11) is 1.62. The number of nitrogens with zero attached hydrogens (tertiary/aromatic N) is 3. The van der Waals surface area contributed by atoms with E-state index in [9.17, 15) is 9.59 Å². The van der Waals surface area contributed by atoms with E-state index in [-0.39, 0.29) is 45.6 Å². The van der Waals surface area contributed by atoms with Crippen molar-refractivity contribution in [3.8, 4) is 0 Å². The molecule has 0 radical (unpaired) electrons. The Morgan fingerprint density at radius 2 is 0.853 bits per heavy atom. The van der Waals surface area contributed by atoms with Crippen LogP contribution in [0.4, 0.5) is 0 Å². The van der Waals surface area contributed by atoms with E-state index in [1.54, 1.807) is 7.05 Å². The summed E-state index contributed by atoms with van der Waals surface area (Å²) in [6.07, 6.45) is 0. The molecule has 5 nitrogen and oxygen atoms in total. The fraction of sp³-hybridized carbons (Fsp3) is 0.310. The number of fused-ring (bicyclic) bond motifs is 1. The first-order valence-electron chi connectivity index (χ1n) is 12.2. The molecule has 3 aromatic carbocycles. The highest BCUT2D eigenvalue weighted by Gasteiger charge is 3.12. The van der Waals surface area contributed by atoms with Gasteiger partial charge in [0.25, 0.3) is 0 Å². The van der Waals surface area contributed by atoms with Gasteiger partial charge in [-0.15, -0.1) is 0 Å². The lowest BCUT2D eigenvalue weighted by Gasteiger charge is -2.53. The number of benzene rings is 3.